The minimum atomic E-state index is -0.567. The molecule has 7 nitrogen and oxygen atoms in total. The number of benzene rings is 2. The van der Waals surface area contributed by atoms with Crippen LogP contribution in [0.5, 0.6) is 0 Å². The Bertz CT molecular complexity index is 1090. The second-order valence-electron chi connectivity index (χ2n) is 9.95. The lowest BCUT2D eigenvalue weighted by molar-refractivity contribution is 0.223. The van der Waals surface area contributed by atoms with Gasteiger partial charge in [0, 0.05) is 41.1 Å². The van der Waals surface area contributed by atoms with Crippen LogP contribution < -0.4 is 15.1 Å². The number of aryl methyl sites for hydroxylation is 4. The molecule has 3 N–H and O–H groups in total. The third-order valence-electron chi connectivity index (χ3n) is 5.87. The lowest BCUT2D eigenvalue weighted by atomic mass is 10.0. The average Bonchev–Trinajstić information content (AvgIpc) is 2.75. The summed E-state index contributed by atoms with van der Waals surface area (Å²) in [7, 11) is 3.46. The molecule has 9 heteroatoms. The quantitative estimate of drug-likeness (QED) is 0.293. The summed E-state index contributed by atoms with van der Waals surface area (Å²) in [5.74, 6) is -0.309. The van der Waals surface area contributed by atoms with Crippen LogP contribution in [0.25, 0.3) is 0 Å². The fraction of sp³-hybridized carbons (Fsp3) is 0.444. The van der Waals surface area contributed by atoms with E-state index in [-0.39, 0.29) is 11.9 Å². The number of anilines is 2. The summed E-state index contributed by atoms with van der Waals surface area (Å²) in [5, 5.41) is 22.3. The molecule has 0 heterocycles. The van der Waals surface area contributed by atoms with Crippen LogP contribution in [0, 0.1) is 24.7 Å². The van der Waals surface area contributed by atoms with Crippen LogP contribution in [0.15, 0.2) is 24.3 Å². The number of hydrogen-bond donors (Lipinski definition) is 3. The Morgan fingerprint density at radius 1 is 0.833 bits per heavy atom. The Morgan fingerprint density at radius 2 is 1.19 bits per heavy atom. The number of nitrogens with one attached hydrogen (secondary N) is 3. The number of guanidine groups is 2. The van der Waals surface area contributed by atoms with Crippen LogP contribution in [0.1, 0.15) is 56.9 Å². The van der Waals surface area contributed by atoms with Gasteiger partial charge in [-0.25, -0.2) is 9.69 Å². The van der Waals surface area contributed by atoms with Crippen LogP contribution in [0.2, 0.25) is 10.0 Å². The summed E-state index contributed by atoms with van der Waals surface area (Å²) in [6.45, 7) is 13.5. The molecular weight excluding hydrogens is 495 g/mol. The average molecular weight is 534 g/mol. The summed E-state index contributed by atoms with van der Waals surface area (Å²) >= 11 is 12.6. The van der Waals surface area contributed by atoms with E-state index in [1.165, 1.54) is 0 Å². The first-order chi connectivity index (χ1) is 16.6. The normalized spacial score (nSPS) is 11.2. The number of nitrogens with zero attached hydrogens (tertiary/aromatic N) is 3. The van der Waals surface area contributed by atoms with Crippen LogP contribution in [0.4, 0.5) is 16.2 Å². The van der Waals surface area contributed by atoms with Gasteiger partial charge in [-0.1, -0.05) is 37.0 Å². The summed E-state index contributed by atoms with van der Waals surface area (Å²) in [6, 6.07) is 6.85. The predicted molar refractivity (Wildman–Crippen MR) is 154 cm³/mol. The molecule has 0 bridgehead atoms. The van der Waals surface area contributed by atoms with Crippen molar-refractivity contribution in [2.75, 3.05) is 23.9 Å². The van der Waals surface area contributed by atoms with Gasteiger partial charge in [0.1, 0.15) is 0 Å². The smallest absolute Gasteiger partial charge is 0.331 e. The van der Waals surface area contributed by atoms with Gasteiger partial charge in [0.05, 0.1) is 0 Å². The molecule has 196 valence electrons. The first kappa shape index (κ1) is 29.5. The lowest BCUT2D eigenvalue weighted by Crippen LogP contribution is -2.59. The number of carbonyl (C=O) groups excluding carboxylic acids is 1. The van der Waals surface area contributed by atoms with Crippen molar-refractivity contribution in [3.63, 3.8) is 0 Å². The standard InChI is InChI=1S/C27H38Cl2N6O/c1-10-18-14-20(28)12-16(3)22(18)33(8)24(30)35(26(36)32-27(5,6)7)25(31)34(9)23-17(4)13-21(29)15-19(23)11-2/h12-15,30-31H,10-11H2,1-9H3,(H,32,36). The molecule has 0 aliphatic heterocycles. The maximum absolute atomic E-state index is 13.5. The lowest BCUT2D eigenvalue weighted by Gasteiger charge is -2.36. The van der Waals surface area contributed by atoms with E-state index in [4.69, 9.17) is 34.0 Å². The van der Waals surface area contributed by atoms with Crippen molar-refractivity contribution >= 4 is 52.5 Å². The zero-order valence-corrected chi connectivity index (χ0v) is 24.2. The zero-order chi connectivity index (χ0) is 27.5. The van der Waals surface area contributed by atoms with E-state index in [1.54, 1.807) is 23.9 Å². The first-order valence-corrected chi connectivity index (χ1v) is 12.7. The first-order valence-electron chi connectivity index (χ1n) is 12.0. The van der Waals surface area contributed by atoms with Gasteiger partial charge in [0.15, 0.2) is 0 Å². The largest absolute Gasteiger partial charge is 0.333 e. The highest BCUT2D eigenvalue weighted by Gasteiger charge is 2.33. The Hall–Kier alpha value is -2.77. The van der Waals surface area contributed by atoms with E-state index in [0.717, 1.165) is 38.5 Å². The highest BCUT2D eigenvalue weighted by molar-refractivity contribution is 6.31. The van der Waals surface area contributed by atoms with Gasteiger partial charge in [-0.2, -0.15) is 0 Å². The fourth-order valence-electron chi connectivity index (χ4n) is 4.29. The molecule has 0 spiro atoms. The monoisotopic (exact) mass is 532 g/mol. The van der Waals surface area contributed by atoms with E-state index in [0.29, 0.717) is 22.9 Å². The highest BCUT2D eigenvalue weighted by atomic mass is 35.5. The Kier molecular flexibility index (Phi) is 9.43. The molecule has 0 radical (unpaired) electrons. The van der Waals surface area contributed by atoms with Gasteiger partial charge in [-0.15, -0.1) is 0 Å². The number of carbonyl (C=O) groups is 1. The molecule has 0 saturated carbocycles. The van der Waals surface area contributed by atoms with Gasteiger partial charge in [-0.05, 0) is 94.0 Å². The minimum absolute atomic E-state index is 0.154. The molecule has 0 aromatic heterocycles. The molecule has 36 heavy (non-hydrogen) atoms. The Labute approximate surface area is 225 Å². The molecule has 0 unspecified atom stereocenters. The minimum Gasteiger partial charge on any atom is -0.333 e. The summed E-state index contributed by atoms with van der Waals surface area (Å²) in [4.78, 5) is 17.9. The molecular formula is C27H38Cl2N6O. The van der Waals surface area contributed by atoms with Crippen molar-refractivity contribution in [2.24, 2.45) is 0 Å². The van der Waals surface area contributed by atoms with Crippen molar-refractivity contribution in [1.82, 2.24) is 10.2 Å². The molecule has 2 aromatic rings. The molecule has 2 amide bonds. The second-order valence-corrected chi connectivity index (χ2v) is 10.8. The molecule has 0 aliphatic rings. The van der Waals surface area contributed by atoms with Crippen molar-refractivity contribution in [3.8, 4) is 0 Å². The van der Waals surface area contributed by atoms with Gasteiger partial charge >= 0.3 is 6.03 Å². The van der Waals surface area contributed by atoms with Gasteiger partial charge in [-0.3, -0.25) is 10.8 Å². The van der Waals surface area contributed by atoms with E-state index < -0.39 is 11.6 Å². The molecule has 2 rings (SSSR count). The maximum Gasteiger partial charge on any atom is 0.331 e. The highest BCUT2D eigenvalue weighted by Crippen LogP contribution is 2.31. The van der Waals surface area contributed by atoms with Crippen molar-refractivity contribution in [3.05, 3.63) is 56.6 Å². The number of halogens is 2. The maximum atomic E-state index is 13.5. The number of rotatable bonds is 4. The second kappa shape index (κ2) is 11.5. The summed E-state index contributed by atoms with van der Waals surface area (Å²) < 4.78 is 0. The zero-order valence-electron chi connectivity index (χ0n) is 22.7. The van der Waals surface area contributed by atoms with Gasteiger partial charge in [0.25, 0.3) is 0 Å². The molecule has 0 saturated heterocycles. The van der Waals surface area contributed by atoms with Crippen LogP contribution in [0.3, 0.4) is 0 Å². The fourth-order valence-corrected chi connectivity index (χ4v) is 4.88. The van der Waals surface area contributed by atoms with Gasteiger partial charge < -0.3 is 15.1 Å². The van der Waals surface area contributed by atoms with Crippen molar-refractivity contribution in [1.29, 1.82) is 10.8 Å². The molecule has 0 aliphatic carbocycles. The third kappa shape index (κ3) is 6.51. The van der Waals surface area contributed by atoms with E-state index in [2.05, 4.69) is 5.32 Å². The Morgan fingerprint density at radius 3 is 1.50 bits per heavy atom. The summed E-state index contributed by atoms with van der Waals surface area (Å²) in [5.41, 5.74) is 4.66. The molecule has 0 atom stereocenters. The van der Waals surface area contributed by atoms with E-state index in [9.17, 15) is 4.79 Å². The summed E-state index contributed by atoms with van der Waals surface area (Å²) in [6.07, 6.45) is 1.40. The number of urea groups is 1. The van der Waals surface area contributed by atoms with Gasteiger partial charge in [0.2, 0.25) is 11.9 Å². The van der Waals surface area contributed by atoms with Crippen molar-refractivity contribution < 1.29 is 4.79 Å². The third-order valence-corrected chi connectivity index (χ3v) is 6.30. The predicted octanol–water partition coefficient (Wildman–Crippen LogP) is 6.99. The van der Waals surface area contributed by atoms with Crippen LogP contribution in [-0.4, -0.2) is 42.5 Å². The Balaban J connectivity index is 2.62. The molecule has 2 aromatic carbocycles. The van der Waals surface area contributed by atoms with E-state index >= 15 is 0 Å². The topological polar surface area (TPSA) is 86.5 Å². The number of hydrogen-bond acceptors (Lipinski definition) is 3. The van der Waals surface area contributed by atoms with Crippen LogP contribution >= 0.6 is 23.2 Å². The van der Waals surface area contributed by atoms with Crippen molar-refractivity contribution in [2.45, 2.75) is 66.8 Å². The number of amides is 2. The molecule has 0 fully saturated rings. The SMILES string of the molecule is CCc1cc(Cl)cc(C)c1N(C)C(=N)N(C(=N)N(C)c1c(C)cc(Cl)cc1CC)C(=O)NC(C)(C)C. The van der Waals surface area contributed by atoms with Crippen LogP contribution in [-0.2, 0) is 12.8 Å². The van der Waals surface area contributed by atoms with E-state index in [1.807, 2.05) is 72.7 Å².